The van der Waals surface area contributed by atoms with Gasteiger partial charge < -0.3 is 0 Å². The van der Waals surface area contributed by atoms with E-state index in [4.69, 9.17) is 11.6 Å². The maximum atomic E-state index is 12.6. The van der Waals surface area contributed by atoms with E-state index in [1.807, 2.05) is 12.1 Å². The molecule has 1 aliphatic rings. The molecule has 0 atom stereocenters. The third-order valence-electron chi connectivity index (χ3n) is 4.18. The molecule has 0 N–H and O–H groups in total. The van der Waals surface area contributed by atoms with Crippen LogP contribution in [-0.2, 0) is 0 Å². The molecule has 2 heterocycles. The number of fused-ring (bicyclic) bond motifs is 1. The number of aromatic nitrogens is 5. The van der Waals surface area contributed by atoms with Crippen LogP contribution in [0.15, 0.2) is 35.4 Å². The number of hydrogen-bond acceptors (Lipinski definition) is 4. The van der Waals surface area contributed by atoms with Gasteiger partial charge in [0.1, 0.15) is 6.33 Å². The lowest BCUT2D eigenvalue weighted by Gasteiger charge is -2.11. The van der Waals surface area contributed by atoms with E-state index in [0.717, 1.165) is 31.4 Å². The van der Waals surface area contributed by atoms with Crippen LogP contribution in [0, 0.1) is 0 Å². The minimum absolute atomic E-state index is 0.114. The van der Waals surface area contributed by atoms with Crippen molar-refractivity contribution in [1.29, 1.82) is 0 Å². The molecule has 0 spiro atoms. The molecule has 3 aromatic rings. The van der Waals surface area contributed by atoms with Gasteiger partial charge in [0.05, 0.1) is 5.69 Å². The fraction of sp³-hybridized carbons (Fsp3) is 0.333. The smallest absolute Gasteiger partial charge is 0.283 e. The Morgan fingerprint density at radius 3 is 2.59 bits per heavy atom. The van der Waals surface area contributed by atoms with E-state index in [1.165, 1.54) is 0 Å². The molecule has 22 heavy (non-hydrogen) atoms. The lowest BCUT2D eigenvalue weighted by Crippen LogP contribution is -2.24. The van der Waals surface area contributed by atoms with Gasteiger partial charge in [-0.05, 0) is 37.1 Å². The average molecular weight is 316 g/mol. The van der Waals surface area contributed by atoms with Crippen LogP contribution in [0.1, 0.15) is 31.7 Å². The van der Waals surface area contributed by atoms with E-state index >= 15 is 0 Å². The first-order valence-electron chi connectivity index (χ1n) is 7.32. The van der Waals surface area contributed by atoms with Gasteiger partial charge in [0.2, 0.25) is 0 Å². The Morgan fingerprint density at radius 1 is 1.14 bits per heavy atom. The normalized spacial score (nSPS) is 15.7. The van der Waals surface area contributed by atoms with E-state index in [1.54, 1.807) is 27.7 Å². The Hall–Kier alpha value is -2.21. The molecule has 6 nitrogen and oxygen atoms in total. The van der Waals surface area contributed by atoms with Crippen LogP contribution < -0.4 is 5.56 Å². The molecular formula is C15H14ClN5O. The second kappa shape index (κ2) is 5.21. The summed E-state index contributed by atoms with van der Waals surface area (Å²) in [5, 5.41) is 8.75. The summed E-state index contributed by atoms with van der Waals surface area (Å²) in [7, 11) is 0. The summed E-state index contributed by atoms with van der Waals surface area (Å²) in [5.41, 5.74) is 1.44. The molecule has 112 valence electrons. The number of hydrogen-bond donors (Lipinski definition) is 0. The average Bonchev–Trinajstić information content (AvgIpc) is 3.18. The van der Waals surface area contributed by atoms with Crippen LogP contribution in [0.4, 0.5) is 0 Å². The zero-order chi connectivity index (χ0) is 15.1. The van der Waals surface area contributed by atoms with Crippen LogP contribution >= 0.6 is 11.6 Å². The first kappa shape index (κ1) is 13.5. The van der Waals surface area contributed by atoms with E-state index < -0.39 is 0 Å². The van der Waals surface area contributed by atoms with Crippen LogP contribution in [0.25, 0.3) is 16.9 Å². The topological polar surface area (TPSA) is 65.6 Å². The minimum Gasteiger partial charge on any atom is -0.294 e. The quantitative estimate of drug-likeness (QED) is 0.729. The lowest BCUT2D eigenvalue weighted by molar-refractivity contribution is 0.498. The molecule has 1 fully saturated rings. The summed E-state index contributed by atoms with van der Waals surface area (Å²) in [6.45, 7) is 0. The van der Waals surface area contributed by atoms with Gasteiger partial charge in [-0.2, -0.15) is 4.68 Å². The van der Waals surface area contributed by atoms with Gasteiger partial charge in [0, 0.05) is 11.1 Å². The van der Waals surface area contributed by atoms with Crippen molar-refractivity contribution in [2.45, 2.75) is 31.7 Å². The first-order valence-corrected chi connectivity index (χ1v) is 7.70. The van der Waals surface area contributed by atoms with Gasteiger partial charge in [0.25, 0.3) is 5.56 Å². The van der Waals surface area contributed by atoms with Gasteiger partial charge in [-0.1, -0.05) is 29.7 Å². The van der Waals surface area contributed by atoms with Crippen LogP contribution in [0.3, 0.4) is 0 Å². The summed E-state index contributed by atoms with van der Waals surface area (Å²) in [6, 6.07) is 7.42. The number of rotatable bonds is 2. The molecule has 2 aromatic heterocycles. The number of nitrogens with zero attached hydrogens (tertiary/aromatic N) is 5. The van der Waals surface area contributed by atoms with Gasteiger partial charge in [-0.25, -0.2) is 4.98 Å². The standard InChI is InChI=1S/C15H14ClN5O/c16-10-5-7-12(8-6-10)21-14-13(18-19-21)15(22)20(9-17-14)11-3-1-2-4-11/h5-9,11H,1-4H2. The SMILES string of the molecule is O=c1c2nnn(-c3ccc(Cl)cc3)c2ncn1C1CCCC1. The van der Waals surface area contributed by atoms with Crippen molar-refractivity contribution < 1.29 is 0 Å². The fourth-order valence-corrected chi connectivity index (χ4v) is 3.15. The predicted molar refractivity (Wildman–Crippen MR) is 83.4 cm³/mol. The van der Waals surface area contributed by atoms with Crippen molar-refractivity contribution in [2.24, 2.45) is 0 Å². The van der Waals surface area contributed by atoms with E-state index in [2.05, 4.69) is 15.3 Å². The largest absolute Gasteiger partial charge is 0.294 e. The maximum absolute atomic E-state index is 12.6. The Kier molecular flexibility index (Phi) is 3.18. The molecule has 1 aliphatic carbocycles. The maximum Gasteiger partial charge on any atom is 0.283 e. The molecule has 1 aromatic carbocycles. The highest BCUT2D eigenvalue weighted by Gasteiger charge is 2.21. The second-order valence-electron chi connectivity index (χ2n) is 5.55. The summed E-state index contributed by atoms with van der Waals surface area (Å²) in [6.07, 6.45) is 5.99. The van der Waals surface area contributed by atoms with Gasteiger partial charge in [-0.15, -0.1) is 5.10 Å². The predicted octanol–water partition coefficient (Wildman–Crippen LogP) is 2.75. The first-order chi connectivity index (χ1) is 10.7. The highest BCUT2D eigenvalue weighted by Crippen LogP contribution is 2.28. The minimum atomic E-state index is -0.114. The van der Waals surface area contributed by atoms with Crippen LogP contribution in [0.5, 0.6) is 0 Å². The summed E-state index contributed by atoms with van der Waals surface area (Å²) >= 11 is 5.90. The molecule has 0 aliphatic heterocycles. The van der Waals surface area contributed by atoms with Crippen molar-refractivity contribution in [1.82, 2.24) is 24.5 Å². The molecule has 7 heteroatoms. The van der Waals surface area contributed by atoms with Crippen LogP contribution in [0.2, 0.25) is 5.02 Å². The summed E-state index contributed by atoms with van der Waals surface area (Å²) in [5.74, 6) is 0. The second-order valence-corrected chi connectivity index (χ2v) is 5.98. The van der Waals surface area contributed by atoms with Crippen molar-refractivity contribution >= 4 is 22.8 Å². The number of benzene rings is 1. The third kappa shape index (κ3) is 2.11. The Morgan fingerprint density at radius 2 is 1.86 bits per heavy atom. The monoisotopic (exact) mass is 315 g/mol. The Bertz CT molecular complexity index is 877. The van der Waals surface area contributed by atoms with E-state index in [-0.39, 0.29) is 11.6 Å². The zero-order valence-electron chi connectivity index (χ0n) is 11.8. The van der Waals surface area contributed by atoms with Crippen molar-refractivity contribution in [2.75, 3.05) is 0 Å². The van der Waals surface area contributed by atoms with Crippen molar-refractivity contribution in [3.63, 3.8) is 0 Å². The fourth-order valence-electron chi connectivity index (χ4n) is 3.02. The van der Waals surface area contributed by atoms with E-state index in [0.29, 0.717) is 16.2 Å². The molecule has 0 bridgehead atoms. The molecule has 0 unspecified atom stereocenters. The highest BCUT2D eigenvalue weighted by atomic mass is 35.5. The molecule has 0 amide bonds. The molecule has 1 saturated carbocycles. The molecule has 0 saturated heterocycles. The molecular weight excluding hydrogens is 302 g/mol. The van der Waals surface area contributed by atoms with E-state index in [9.17, 15) is 4.79 Å². The zero-order valence-corrected chi connectivity index (χ0v) is 12.6. The Balaban J connectivity index is 1.84. The molecule has 0 radical (unpaired) electrons. The highest BCUT2D eigenvalue weighted by molar-refractivity contribution is 6.30. The number of halogens is 1. The third-order valence-corrected chi connectivity index (χ3v) is 4.43. The van der Waals surface area contributed by atoms with Crippen LogP contribution in [-0.4, -0.2) is 24.5 Å². The van der Waals surface area contributed by atoms with Crippen molar-refractivity contribution in [3.8, 4) is 5.69 Å². The Labute approximate surface area is 131 Å². The van der Waals surface area contributed by atoms with Gasteiger partial charge in [-0.3, -0.25) is 9.36 Å². The molecule has 4 rings (SSSR count). The van der Waals surface area contributed by atoms with Gasteiger partial charge in [0.15, 0.2) is 11.2 Å². The lowest BCUT2D eigenvalue weighted by atomic mass is 10.2. The van der Waals surface area contributed by atoms with Crippen molar-refractivity contribution in [3.05, 3.63) is 46.0 Å². The summed E-state index contributed by atoms with van der Waals surface area (Å²) in [4.78, 5) is 17.0. The van der Waals surface area contributed by atoms with Gasteiger partial charge >= 0.3 is 0 Å². The summed E-state index contributed by atoms with van der Waals surface area (Å²) < 4.78 is 3.27.